The van der Waals surface area contributed by atoms with E-state index in [-0.39, 0.29) is 28.6 Å². The number of primary sulfonamides is 2. The van der Waals surface area contributed by atoms with Gasteiger partial charge in [0.1, 0.15) is 9.81 Å². The average Bonchev–Trinajstić information content (AvgIpc) is 2.89. The van der Waals surface area contributed by atoms with Crippen LogP contribution in [0.4, 0.5) is 0 Å². The van der Waals surface area contributed by atoms with E-state index in [0.29, 0.717) is 88.5 Å². The smallest absolute Gasteiger partial charge is 0.242 e. The summed E-state index contributed by atoms with van der Waals surface area (Å²) in [7, 11) is -9.34. The molecule has 2 heterocycles. The van der Waals surface area contributed by atoms with Gasteiger partial charge in [0.15, 0.2) is 5.78 Å². The second kappa shape index (κ2) is 11.4. The lowest BCUT2D eigenvalue weighted by Crippen LogP contribution is -2.42. The monoisotopic (exact) mass is 592 g/mol. The standard InChI is InChI=1S/C26H32N4O8S2/c27-39(33,34)25-20(4-6-30-9-13-38-14-10-30)23-19(3-5-29-7-11-37-12-8-29)21-16-18(31)2-1-17(21)15-22(23)26(24(25)32)40(28,35)36/h1-2,15-16H,3-14H2,(H2,27,33,34)(H2,28,35,36). The third kappa shape index (κ3) is 5.90. The molecule has 0 unspecified atom stereocenters. The maximum atomic E-state index is 13.6. The number of rotatable bonds is 8. The molecular formula is C26H32N4O8S2. The number of carbonyl (C=O) groups is 2. The van der Waals surface area contributed by atoms with Gasteiger partial charge in [0.25, 0.3) is 0 Å². The van der Waals surface area contributed by atoms with E-state index in [2.05, 4.69) is 9.80 Å². The molecule has 2 aliphatic carbocycles. The van der Waals surface area contributed by atoms with Crippen molar-refractivity contribution in [1.29, 1.82) is 0 Å². The fraction of sp³-hybridized carbons (Fsp3) is 0.462. The van der Waals surface area contributed by atoms with Crippen LogP contribution in [0.15, 0.2) is 17.0 Å². The highest BCUT2D eigenvalue weighted by atomic mass is 32.2. The molecule has 12 nitrogen and oxygen atoms in total. The van der Waals surface area contributed by atoms with Crippen LogP contribution in [0.25, 0.3) is 22.6 Å². The molecule has 1 aromatic rings. The first-order valence-corrected chi connectivity index (χ1v) is 16.1. The Morgan fingerprint density at radius 1 is 0.775 bits per heavy atom. The molecular weight excluding hydrogens is 560 g/mol. The summed E-state index contributed by atoms with van der Waals surface area (Å²) >= 11 is 0. The predicted octanol–water partition coefficient (Wildman–Crippen LogP) is -2.36. The first-order valence-electron chi connectivity index (χ1n) is 13.0. The minimum atomic E-state index is -4.67. The summed E-state index contributed by atoms with van der Waals surface area (Å²) in [6, 6.07) is 1.49. The lowest BCUT2D eigenvalue weighted by atomic mass is 9.84. The minimum Gasteiger partial charge on any atom is -0.379 e. The van der Waals surface area contributed by atoms with Crippen LogP contribution >= 0.6 is 0 Å². The number of fused-ring (bicyclic) bond motifs is 2. The van der Waals surface area contributed by atoms with Crippen molar-refractivity contribution in [3.05, 3.63) is 44.2 Å². The zero-order valence-corrected chi connectivity index (χ0v) is 23.6. The second-order valence-electron chi connectivity index (χ2n) is 10.1. The molecule has 0 bridgehead atoms. The van der Waals surface area contributed by atoms with Gasteiger partial charge in [0, 0.05) is 44.5 Å². The first-order chi connectivity index (χ1) is 18.9. The average molecular weight is 593 g/mol. The molecule has 0 aromatic heterocycles. The van der Waals surface area contributed by atoms with Crippen molar-refractivity contribution in [3.63, 3.8) is 0 Å². The molecule has 216 valence electrons. The van der Waals surface area contributed by atoms with Gasteiger partial charge >= 0.3 is 0 Å². The van der Waals surface area contributed by atoms with Crippen molar-refractivity contribution < 1.29 is 35.9 Å². The third-order valence-corrected chi connectivity index (χ3v) is 9.56. The SMILES string of the molecule is NS(=O)(=O)C1=C(CCN2CCOCC2)c2c(CCN3CCOCC3)c3c(cc2=C(S(N)(=O)=O)C1=O)C=CC(=O)C=3. The van der Waals surface area contributed by atoms with E-state index in [1.807, 2.05) is 0 Å². The molecule has 0 amide bonds. The number of sulfonamides is 2. The van der Waals surface area contributed by atoms with Gasteiger partial charge < -0.3 is 9.47 Å². The van der Waals surface area contributed by atoms with Gasteiger partial charge in [-0.1, -0.05) is 6.08 Å². The van der Waals surface area contributed by atoms with E-state index >= 15 is 0 Å². The van der Waals surface area contributed by atoms with Crippen molar-refractivity contribution in [2.45, 2.75) is 12.8 Å². The van der Waals surface area contributed by atoms with Crippen molar-refractivity contribution >= 4 is 54.2 Å². The van der Waals surface area contributed by atoms with E-state index in [1.54, 1.807) is 6.08 Å². The van der Waals surface area contributed by atoms with Gasteiger partial charge in [-0.25, -0.2) is 27.1 Å². The minimum absolute atomic E-state index is 0.0278. The van der Waals surface area contributed by atoms with Crippen LogP contribution in [0.5, 0.6) is 0 Å². The fourth-order valence-electron chi connectivity index (χ4n) is 5.72. The molecule has 0 spiro atoms. The van der Waals surface area contributed by atoms with Crippen molar-refractivity contribution in [2.75, 3.05) is 65.7 Å². The molecule has 0 saturated carbocycles. The van der Waals surface area contributed by atoms with E-state index in [0.717, 1.165) is 0 Å². The molecule has 4 N–H and O–H groups in total. The number of Topliss-reactive ketones (excluding diaryl/α,β-unsaturated/α-hetero) is 1. The summed E-state index contributed by atoms with van der Waals surface area (Å²) in [5.74, 6) is -1.50. The molecule has 0 atom stereocenters. The quantitative estimate of drug-likeness (QED) is 0.332. The number of nitrogens with zero attached hydrogens (tertiary/aromatic N) is 2. The Bertz CT molecular complexity index is 1650. The van der Waals surface area contributed by atoms with E-state index in [1.165, 1.54) is 18.2 Å². The van der Waals surface area contributed by atoms with Crippen LogP contribution in [0, 0.1) is 0 Å². The van der Waals surface area contributed by atoms with E-state index < -0.39 is 35.6 Å². The normalized spacial score (nSPS) is 20.9. The largest absolute Gasteiger partial charge is 0.379 e. The van der Waals surface area contributed by atoms with Crippen LogP contribution < -0.4 is 20.7 Å². The summed E-state index contributed by atoms with van der Waals surface area (Å²) in [5.41, 5.74) is 1.53. The van der Waals surface area contributed by atoms with E-state index in [4.69, 9.17) is 19.8 Å². The molecule has 2 aliphatic heterocycles. The summed E-state index contributed by atoms with van der Waals surface area (Å²) < 4.78 is 62.3. The Hall–Kier alpha value is -2.56. The highest BCUT2D eigenvalue weighted by Crippen LogP contribution is 2.33. The lowest BCUT2D eigenvalue weighted by molar-refractivity contribution is -0.110. The molecule has 2 saturated heterocycles. The zero-order valence-electron chi connectivity index (χ0n) is 21.9. The summed E-state index contributed by atoms with van der Waals surface area (Å²) in [4.78, 5) is 28.8. The Labute approximate surface area is 232 Å². The highest BCUT2D eigenvalue weighted by molar-refractivity contribution is 8.00. The fourth-order valence-corrected chi connectivity index (χ4v) is 7.52. The van der Waals surface area contributed by atoms with Crippen LogP contribution in [0.2, 0.25) is 0 Å². The number of benzene rings is 1. The summed E-state index contributed by atoms with van der Waals surface area (Å²) in [5, 5.41) is 11.7. The number of hydrogen-bond acceptors (Lipinski definition) is 10. The van der Waals surface area contributed by atoms with E-state index in [9.17, 15) is 26.4 Å². The van der Waals surface area contributed by atoms with Crippen LogP contribution in [0.3, 0.4) is 0 Å². The molecule has 1 aromatic carbocycles. The summed E-state index contributed by atoms with van der Waals surface area (Å²) in [6.45, 7) is 5.71. The maximum Gasteiger partial charge on any atom is 0.242 e. The van der Waals surface area contributed by atoms with Gasteiger partial charge in [0.05, 0.1) is 26.4 Å². The highest BCUT2D eigenvalue weighted by Gasteiger charge is 2.39. The van der Waals surface area contributed by atoms with Gasteiger partial charge in [-0.3, -0.25) is 19.4 Å². The Balaban J connectivity index is 1.79. The summed E-state index contributed by atoms with van der Waals surface area (Å²) in [6.07, 6.45) is 4.83. The van der Waals surface area contributed by atoms with Crippen LogP contribution in [-0.2, 0) is 45.5 Å². The topological polar surface area (TPSA) is 179 Å². The number of morpholine rings is 2. The molecule has 2 fully saturated rings. The predicted molar refractivity (Wildman–Crippen MR) is 149 cm³/mol. The number of allylic oxidation sites excluding steroid dienone is 2. The van der Waals surface area contributed by atoms with Crippen LogP contribution in [0.1, 0.15) is 23.1 Å². The van der Waals surface area contributed by atoms with Crippen molar-refractivity contribution in [1.82, 2.24) is 9.80 Å². The number of nitrogens with two attached hydrogens (primary N) is 2. The number of ketones is 2. The number of ether oxygens (including phenoxy) is 2. The van der Waals surface area contributed by atoms with Gasteiger partial charge in [-0.05, 0) is 58.5 Å². The molecule has 40 heavy (non-hydrogen) atoms. The molecule has 5 rings (SSSR count). The zero-order chi connectivity index (χ0) is 28.7. The molecule has 4 aliphatic rings. The molecule has 0 radical (unpaired) electrons. The third-order valence-electron chi connectivity index (χ3n) is 7.59. The van der Waals surface area contributed by atoms with Gasteiger partial charge in [0.2, 0.25) is 25.8 Å². The van der Waals surface area contributed by atoms with Crippen molar-refractivity contribution in [2.24, 2.45) is 10.3 Å². The van der Waals surface area contributed by atoms with Crippen molar-refractivity contribution in [3.8, 4) is 0 Å². The van der Waals surface area contributed by atoms with Gasteiger partial charge in [-0.15, -0.1) is 0 Å². The Morgan fingerprint density at radius 2 is 1.32 bits per heavy atom. The second-order valence-corrected chi connectivity index (χ2v) is 13.1. The molecule has 14 heteroatoms. The maximum absolute atomic E-state index is 13.6. The van der Waals surface area contributed by atoms with Crippen LogP contribution in [-0.4, -0.2) is 104 Å². The number of carbonyl (C=O) groups excluding carboxylic acids is 2. The Kier molecular flexibility index (Phi) is 8.23. The van der Waals surface area contributed by atoms with Gasteiger partial charge in [-0.2, -0.15) is 0 Å². The first kappa shape index (κ1) is 29.0. The lowest BCUT2D eigenvalue weighted by Gasteiger charge is -2.30. The number of hydrogen-bond donors (Lipinski definition) is 2. The Morgan fingerprint density at radius 3 is 1.88 bits per heavy atom.